The SMILES string of the molecule is CN(C)C(CCCS(=O)(=O)O)C(=O)O. The number of likely N-dealkylation sites (N-methyl/N-ethyl adjacent to an activating group) is 1. The summed E-state index contributed by atoms with van der Waals surface area (Å²) in [4.78, 5) is 12.1. The van der Waals surface area contributed by atoms with Crippen molar-refractivity contribution in [1.29, 1.82) is 0 Å². The van der Waals surface area contributed by atoms with E-state index in [-0.39, 0.29) is 12.8 Å². The highest BCUT2D eigenvalue weighted by Gasteiger charge is 2.19. The molecule has 0 aromatic rings. The van der Waals surface area contributed by atoms with Crippen LogP contribution >= 0.6 is 0 Å². The van der Waals surface area contributed by atoms with E-state index in [4.69, 9.17) is 9.66 Å². The average Bonchev–Trinajstić information content (AvgIpc) is 1.94. The van der Waals surface area contributed by atoms with Crippen molar-refractivity contribution in [3.8, 4) is 0 Å². The maximum Gasteiger partial charge on any atom is 0.320 e. The maximum absolute atomic E-state index is 10.6. The van der Waals surface area contributed by atoms with Crippen LogP contribution in [0.1, 0.15) is 12.8 Å². The zero-order valence-corrected chi connectivity index (χ0v) is 8.99. The van der Waals surface area contributed by atoms with E-state index in [1.54, 1.807) is 14.1 Å². The third-order valence-electron chi connectivity index (χ3n) is 1.79. The molecule has 0 rings (SSSR count). The van der Waals surface area contributed by atoms with Crippen molar-refractivity contribution in [2.75, 3.05) is 19.8 Å². The lowest BCUT2D eigenvalue weighted by atomic mass is 10.1. The molecule has 0 saturated carbocycles. The molecule has 0 heterocycles. The van der Waals surface area contributed by atoms with Crippen molar-refractivity contribution < 1.29 is 22.9 Å². The number of carboxylic acids is 1. The van der Waals surface area contributed by atoms with Gasteiger partial charge in [-0.05, 0) is 26.9 Å². The van der Waals surface area contributed by atoms with E-state index in [0.717, 1.165) is 0 Å². The highest BCUT2D eigenvalue weighted by Crippen LogP contribution is 2.04. The predicted octanol–water partition coefficient (Wildman–Crippen LogP) is -0.331. The van der Waals surface area contributed by atoms with Crippen LogP contribution in [0.5, 0.6) is 0 Å². The fourth-order valence-electron chi connectivity index (χ4n) is 1.06. The third kappa shape index (κ3) is 5.90. The Labute approximate surface area is 83.3 Å². The highest BCUT2D eigenvalue weighted by atomic mass is 32.2. The van der Waals surface area contributed by atoms with Gasteiger partial charge in [-0.1, -0.05) is 0 Å². The van der Waals surface area contributed by atoms with Gasteiger partial charge in [-0.3, -0.25) is 14.2 Å². The van der Waals surface area contributed by atoms with Crippen LogP contribution < -0.4 is 0 Å². The minimum absolute atomic E-state index is 0.133. The van der Waals surface area contributed by atoms with E-state index in [1.807, 2.05) is 0 Å². The maximum atomic E-state index is 10.6. The van der Waals surface area contributed by atoms with Gasteiger partial charge in [0, 0.05) is 0 Å². The minimum Gasteiger partial charge on any atom is -0.480 e. The second kappa shape index (κ2) is 5.28. The topological polar surface area (TPSA) is 94.9 Å². The number of carbonyl (C=O) groups is 1. The van der Waals surface area contributed by atoms with E-state index in [1.165, 1.54) is 4.90 Å². The molecular formula is C7H15NO5S. The summed E-state index contributed by atoms with van der Waals surface area (Å²) in [6.07, 6.45) is 0.329. The largest absolute Gasteiger partial charge is 0.480 e. The Morgan fingerprint density at radius 2 is 1.93 bits per heavy atom. The van der Waals surface area contributed by atoms with Crippen LogP contribution in [0.15, 0.2) is 0 Å². The van der Waals surface area contributed by atoms with Crippen LogP contribution in [0.4, 0.5) is 0 Å². The van der Waals surface area contributed by atoms with Crippen molar-refractivity contribution in [2.45, 2.75) is 18.9 Å². The van der Waals surface area contributed by atoms with E-state index in [9.17, 15) is 13.2 Å². The Morgan fingerprint density at radius 1 is 1.43 bits per heavy atom. The summed E-state index contributed by atoms with van der Waals surface area (Å²) in [7, 11) is -0.776. The van der Waals surface area contributed by atoms with Crippen molar-refractivity contribution in [1.82, 2.24) is 4.90 Å². The second-order valence-corrected chi connectivity index (χ2v) is 4.82. The van der Waals surface area contributed by atoms with E-state index in [2.05, 4.69) is 0 Å². The molecule has 14 heavy (non-hydrogen) atoms. The van der Waals surface area contributed by atoms with Gasteiger partial charge in [-0.25, -0.2) is 0 Å². The minimum atomic E-state index is -3.98. The highest BCUT2D eigenvalue weighted by molar-refractivity contribution is 7.85. The summed E-state index contributed by atoms with van der Waals surface area (Å²) < 4.78 is 29.1. The molecule has 0 aliphatic heterocycles. The van der Waals surface area contributed by atoms with Gasteiger partial charge in [0.05, 0.1) is 5.75 Å². The molecular weight excluding hydrogens is 210 g/mol. The van der Waals surface area contributed by atoms with E-state index in [0.29, 0.717) is 0 Å². The average molecular weight is 225 g/mol. The molecule has 1 atom stereocenters. The van der Waals surface area contributed by atoms with Crippen molar-refractivity contribution in [3.63, 3.8) is 0 Å². The van der Waals surface area contributed by atoms with Gasteiger partial charge >= 0.3 is 5.97 Å². The molecule has 7 heteroatoms. The molecule has 84 valence electrons. The van der Waals surface area contributed by atoms with Gasteiger partial charge in [-0.2, -0.15) is 8.42 Å². The van der Waals surface area contributed by atoms with Crippen LogP contribution in [0, 0.1) is 0 Å². The summed E-state index contributed by atoms with van der Waals surface area (Å²) in [6, 6.07) is -0.711. The lowest BCUT2D eigenvalue weighted by Crippen LogP contribution is -2.35. The first-order valence-corrected chi connectivity index (χ1v) is 5.69. The van der Waals surface area contributed by atoms with E-state index >= 15 is 0 Å². The fraction of sp³-hybridized carbons (Fsp3) is 0.857. The number of nitrogens with zero attached hydrogens (tertiary/aromatic N) is 1. The predicted molar refractivity (Wildman–Crippen MR) is 50.8 cm³/mol. The third-order valence-corrected chi connectivity index (χ3v) is 2.59. The van der Waals surface area contributed by atoms with Crippen LogP contribution in [0.25, 0.3) is 0 Å². The van der Waals surface area contributed by atoms with Crippen LogP contribution in [-0.2, 0) is 14.9 Å². The summed E-state index contributed by atoms with van der Waals surface area (Å²) in [5, 5.41) is 8.72. The Morgan fingerprint density at radius 3 is 2.21 bits per heavy atom. The van der Waals surface area contributed by atoms with Gasteiger partial charge in [0.25, 0.3) is 10.1 Å². The standard InChI is InChI=1S/C7H15NO5S/c1-8(2)6(7(9)10)4-3-5-14(11,12)13/h6H,3-5H2,1-2H3,(H,9,10)(H,11,12,13). The molecule has 0 aliphatic carbocycles. The second-order valence-electron chi connectivity index (χ2n) is 3.25. The van der Waals surface area contributed by atoms with Crippen molar-refractivity contribution in [2.24, 2.45) is 0 Å². The molecule has 0 fully saturated rings. The van der Waals surface area contributed by atoms with Crippen LogP contribution in [-0.4, -0.2) is 54.8 Å². The molecule has 0 bridgehead atoms. The monoisotopic (exact) mass is 225 g/mol. The Hall–Kier alpha value is -0.660. The molecule has 0 radical (unpaired) electrons. The molecule has 0 aliphatic rings. The zero-order valence-electron chi connectivity index (χ0n) is 8.17. The molecule has 0 aromatic heterocycles. The van der Waals surface area contributed by atoms with Gasteiger partial charge in [0.15, 0.2) is 0 Å². The Balaban J connectivity index is 4.03. The molecule has 2 N–H and O–H groups in total. The smallest absolute Gasteiger partial charge is 0.320 e. The molecule has 0 spiro atoms. The Kier molecular flexibility index (Phi) is 5.03. The molecule has 0 amide bonds. The quantitative estimate of drug-likeness (QED) is 0.601. The van der Waals surface area contributed by atoms with Gasteiger partial charge in [0.1, 0.15) is 6.04 Å². The number of rotatable bonds is 6. The first-order chi connectivity index (χ1) is 6.24. The number of hydrogen-bond acceptors (Lipinski definition) is 4. The Bertz CT molecular complexity index is 284. The molecule has 0 aromatic carbocycles. The molecule has 0 saturated heterocycles. The summed E-state index contributed by atoms with van der Waals surface area (Å²) >= 11 is 0. The fourth-order valence-corrected chi connectivity index (χ4v) is 1.59. The summed E-state index contributed by atoms with van der Waals surface area (Å²) in [5.74, 6) is -1.39. The summed E-state index contributed by atoms with van der Waals surface area (Å²) in [6.45, 7) is 0. The van der Waals surface area contributed by atoms with E-state index < -0.39 is 27.9 Å². The lowest BCUT2D eigenvalue weighted by molar-refractivity contribution is -0.142. The zero-order chi connectivity index (χ0) is 11.4. The van der Waals surface area contributed by atoms with Gasteiger partial charge in [0.2, 0.25) is 0 Å². The summed E-state index contributed by atoms with van der Waals surface area (Å²) in [5.41, 5.74) is 0. The first-order valence-electron chi connectivity index (χ1n) is 4.08. The number of aliphatic carboxylic acids is 1. The normalized spacial score (nSPS) is 14.3. The van der Waals surface area contributed by atoms with Gasteiger partial charge in [-0.15, -0.1) is 0 Å². The lowest BCUT2D eigenvalue weighted by Gasteiger charge is -2.19. The molecule has 6 nitrogen and oxygen atoms in total. The number of carboxylic acid groups (broad SMARTS) is 1. The first kappa shape index (κ1) is 13.3. The van der Waals surface area contributed by atoms with Gasteiger partial charge < -0.3 is 5.11 Å². The van der Waals surface area contributed by atoms with Crippen LogP contribution in [0.2, 0.25) is 0 Å². The van der Waals surface area contributed by atoms with Crippen molar-refractivity contribution >= 4 is 16.1 Å². The number of hydrogen-bond donors (Lipinski definition) is 2. The van der Waals surface area contributed by atoms with Crippen LogP contribution in [0.3, 0.4) is 0 Å². The molecule has 1 unspecified atom stereocenters. The van der Waals surface area contributed by atoms with Crippen molar-refractivity contribution in [3.05, 3.63) is 0 Å².